The molecule has 18 heteroatoms. The molecule has 2 unspecified atom stereocenters. The van der Waals surface area contributed by atoms with Crippen LogP contribution in [0, 0.1) is 17.8 Å². The Morgan fingerprint density at radius 3 is 1.82 bits per heavy atom. The molecular formula is C47H73NO17. The van der Waals surface area contributed by atoms with Crippen molar-refractivity contribution >= 4 is 11.9 Å². The Labute approximate surface area is 381 Å². The van der Waals surface area contributed by atoms with Crippen LogP contribution in [0.25, 0.3) is 0 Å². The number of carboxylic acids is 1. The summed E-state index contributed by atoms with van der Waals surface area (Å²) in [6.07, 6.45) is 3.46. The third-order valence-electron chi connectivity index (χ3n) is 12.0. The summed E-state index contributed by atoms with van der Waals surface area (Å²) in [5.41, 5.74) is 6.02. The lowest BCUT2D eigenvalue weighted by Gasteiger charge is -2.45. The fraction of sp³-hybridized carbons (Fsp3) is 0.660. The number of nitrogens with two attached hydrogens (primary N) is 1. The molecule has 2 saturated heterocycles. The van der Waals surface area contributed by atoms with Crippen LogP contribution in [0.3, 0.4) is 0 Å². The molecule has 18 nitrogen and oxygen atoms in total. The summed E-state index contributed by atoms with van der Waals surface area (Å²) >= 11 is 0. The molecular weight excluding hydrogens is 851 g/mol. The summed E-state index contributed by atoms with van der Waals surface area (Å²) in [5, 5.41) is 118. The monoisotopic (exact) mass is 923 g/mol. The predicted molar refractivity (Wildman–Crippen MR) is 237 cm³/mol. The van der Waals surface area contributed by atoms with Crippen LogP contribution in [0.5, 0.6) is 0 Å². The Morgan fingerprint density at radius 1 is 0.662 bits per heavy atom. The summed E-state index contributed by atoms with van der Waals surface area (Å²) in [4.78, 5) is 25.1. The molecule has 0 amide bonds. The van der Waals surface area contributed by atoms with Gasteiger partial charge in [0.2, 0.25) is 0 Å². The minimum atomic E-state index is -2.33. The third-order valence-corrected chi connectivity index (χ3v) is 12.0. The summed E-state index contributed by atoms with van der Waals surface area (Å²) in [7, 11) is 0. The fourth-order valence-corrected chi connectivity index (χ4v) is 7.97. The number of cyclic esters (lactones) is 1. The molecule has 2 bridgehead atoms. The van der Waals surface area contributed by atoms with E-state index in [4.69, 9.17) is 24.7 Å². The number of ether oxygens (including phenoxy) is 4. The maximum atomic E-state index is 12.6. The smallest absolute Gasteiger partial charge is 0.311 e. The highest BCUT2D eigenvalue weighted by Gasteiger charge is 2.51. The highest BCUT2D eigenvalue weighted by molar-refractivity contribution is 5.71. The van der Waals surface area contributed by atoms with Gasteiger partial charge in [0.25, 0.3) is 0 Å². The van der Waals surface area contributed by atoms with Gasteiger partial charge in [0.1, 0.15) is 18.1 Å². The molecule has 0 aromatic rings. The van der Waals surface area contributed by atoms with Crippen LogP contribution >= 0.6 is 0 Å². The molecule has 3 aliphatic rings. The summed E-state index contributed by atoms with van der Waals surface area (Å²) in [6, 6.07) is -1.15. The molecule has 0 aromatic heterocycles. The van der Waals surface area contributed by atoms with Crippen molar-refractivity contribution < 1.29 is 84.7 Å². The van der Waals surface area contributed by atoms with Crippen LogP contribution in [0.1, 0.15) is 79.1 Å². The molecule has 0 aromatic carbocycles. The lowest BCUT2D eigenvalue weighted by atomic mass is 9.82. The second-order valence-electron chi connectivity index (χ2n) is 17.6. The number of rotatable bonds is 3. The molecule has 3 rings (SSSR count). The van der Waals surface area contributed by atoms with Crippen LogP contribution < -0.4 is 5.73 Å². The van der Waals surface area contributed by atoms with E-state index >= 15 is 0 Å². The molecule has 0 aliphatic carbocycles. The molecule has 0 saturated carbocycles. The Morgan fingerprint density at radius 2 is 1.23 bits per heavy atom. The van der Waals surface area contributed by atoms with E-state index in [2.05, 4.69) is 0 Å². The van der Waals surface area contributed by atoms with Gasteiger partial charge in [0.05, 0.1) is 79.6 Å². The number of esters is 1. The van der Waals surface area contributed by atoms with E-state index in [1.807, 2.05) is 19.1 Å². The number of allylic oxidation sites excluding steroid dienone is 12. The summed E-state index contributed by atoms with van der Waals surface area (Å²) in [6.45, 7) is 6.74. The van der Waals surface area contributed by atoms with Gasteiger partial charge in [-0.1, -0.05) is 98.9 Å². The quantitative estimate of drug-likeness (QED) is 0.174. The van der Waals surface area contributed by atoms with Crippen molar-refractivity contribution in [1.29, 1.82) is 0 Å². The Hall–Kier alpha value is -3.44. The molecule has 3 aliphatic heterocycles. The van der Waals surface area contributed by atoms with Gasteiger partial charge < -0.3 is 80.9 Å². The number of aliphatic carboxylic acids is 1. The Kier molecular flexibility index (Phi) is 23.6. The van der Waals surface area contributed by atoms with E-state index in [0.717, 1.165) is 0 Å². The molecule has 13 N–H and O–H groups in total. The van der Waals surface area contributed by atoms with Gasteiger partial charge >= 0.3 is 11.9 Å². The van der Waals surface area contributed by atoms with Gasteiger partial charge in [0, 0.05) is 37.5 Å². The number of aliphatic hydroxyl groups excluding tert-OH is 9. The van der Waals surface area contributed by atoms with E-state index in [-0.39, 0.29) is 31.6 Å². The van der Waals surface area contributed by atoms with Crippen LogP contribution in [0.4, 0.5) is 0 Å². The van der Waals surface area contributed by atoms with Crippen molar-refractivity contribution in [3.63, 3.8) is 0 Å². The molecule has 0 radical (unpaired) electrons. The minimum Gasteiger partial charge on any atom is -0.481 e. The standard InChI is InChI=1S/C47H73NO17/c1-27-17-15-13-11-9-7-5-6-8-10-12-14-16-18-34(64-46-44(58)41(48)43(57)30(4)63-46)24-38-40(45(59)60)37(54)26-47(61,65-38)25-33(51)22-36(53)35(52)20-19-31(49)21-32(50)23-39(55)62-29(3)28(2)42(27)56/h5-18,27-38,40-44,46,49-54,56-58,61H,19-26,48H2,1-4H3,(H,59,60)/b6-5+,9-7+,10-8+,13-11+,14-12+,17-15+,18-16+/t27?,28-,29-,30+,31+,32+,33-,34-,35+,36+,37-,38?,40+,41-,42+,43+,44-,46-,47+/m0/s1. The van der Waals surface area contributed by atoms with Crippen LogP contribution in [0.15, 0.2) is 85.1 Å². The average molecular weight is 924 g/mol. The predicted octanol–water partition coefficient (Wildman–Crippen LogP) is 0.712. The first-order valence-corrected chi connectivity index (χ1v) is 22.3. The Bertz CT molecular complexity index is 1670. The SMILES string of the molecule is CC1/C=C/C=C/C=C/C=C/C=C/C=C/C=C/[C@H](O[C@@H]2O[C@H](C)[C@@H](O)[C@H](N)[C@@H]2O)CC2O[C@](O)(C[C@@H](O)C[C@@H](O)[C@H](O)CC[C@@H](O)C[C@@H](O)CC(=O)O[C@@H](C)[C@H](C)[C@@H]1O)C[C@H](O)[C@H]2C(=O)O. The number of carbonyl (C=O) groups is 2. The van der Waals surface area contributed by atoms with E-state index in [9.17, 15) is 65.8 Å². The van der Waals surface area contributed by atoms with Crippen LogP contribution in [0.2, 0.25) is 0 Å². The topological polar surface area (TPSA) is 320 Å². The van der Waals surface area contributed by atoms with Gasteiger partial charge in [0.15, 0.2) is 12.1 Å². The minimum absolute atomic E-state index is 0.107. The summed E-state index contributed by atoms with van der Waals surface area (Å²) < 4.78 is 23.1. The first-order valence-electron chi connectivity index (χ1n) is 22.3. The van der Waals surface area contributed by atoms with E-state index < -0.39 is 147 Å². The summed E-state index contributed by atoms with van der Waals surface area (Å²) in [5.74, 6) is -6.83. The zero-order valence-electron chi connectivity index (χ0n) is 37.6. The van der Waals surface area contributed by atoms with Crippen molar-refractivity contribution in [2.75, 3.05) is 0 Å². The number of fused-ring (bicyclic) bond motifs is 2. The van der Waals surface area contributed by atoms with E-state index in [0.29, 0.717) is 0 Å². The molecule has 65 heavy (non-hydrogen) atoms. The molecule has 2 fully saturated rings. The lowest BCUT2D eigenvalue weighted by molar-refractivity contribution is -0.308. The average Bonchev–Trinajstić information content (AvgIpc) is 3.21. The first-order chi connectivity index (χ1) is 30.6. The first kappa shape index (κ1) is 55.9. The van der Waals surface area contributed by atoms with Crippen LogP contribution in [-0.4, -0.2) is 166 Å². The maximum Gasteiger partial charge on any atom is 0.311 e. The highest BCUT2D eigenvalue weighted by Crippen LogP contribution is 2.38. The second kappa shape index (κ2) is 27.4. The van der Waals surface area contributed by atoms with Gasteiger partial charge in [-0.3, -0.25) is 9.59 Å². The van der Waals surface area contributed by atoms with E-state index in [1.165, 1.54) is 13.0 Å². The second-order valence-corrected chi connectivity index (χ2v) is 17.6. The highest BCUT2D eigenvalue weighted by atomic mass is 16.7. The van der Waals surface area contributed by atoms with E-state index in [1.54, 1.807) is 80.7 Å². The van der Waals surface area contributed by atoms with Gasteiger partial charge in [-0.15, -0.1) is 0 Å². The maximum absolute atomic E-state index is 12.6. The normalized spacial score (nSPS) is 45.5. The zero-order valence-corrected chi connectivity index (χ0v) is 37.6. The lowest BCUT2D eigenvalue weighted by Crippen LogP contribution is -2.61. The van der Waals surface area contributed by atoms with Gasteiger partial charge in [-0.05, 0) is 33.1 Å². The van der Waals surface area contributed by atoms with Crippen molar-refractivity contribution in [3.8, 4) is 0 Å². The number of carboxylic acid groups (broad SMARTS) is 1. The van der Waals surface area contributed by atoms with Gasteiger partial charge in [-0.25, -0.2) is 0 Å². The largest absolute Gasteiger partial charge is 0.481 e. The van der Waals surface area contributed by atoms with Crippen molar-refractivity contribution in [3.05, 3.63) is 85.1 Å². The number of hydrogen-bond donors (Lipinski definition) is 12. The van der Waals surface area contributed by atoms with Gasteiger partial charge in [-0.2, -0.15) is 0 Å². The van der Waals surface area contributed by atoms with Crippen molar-refractivity contribution in [1.82, 2.24) is 0 Å². The molecule has 3 heterocycles. The van der Waals surface area contributed by atoms with Crippen LogP contribution in [-0.2, 0) is 28.5 Å². The molecule has 0 spiro atoms. The molecule has 19 atom stereocenters. The Balaban J connectivity index is 1.86. The number of aliphatic hydroxyl groups is 10. The third kappa shape index (κ3) is 18.6. The number of hydrogen-bond acceptors (Lipinski definition) is 17. The van der Waals surface area contributed by atoms with Crippen molar-refractivity contribution in [2.24, 2.45) is 23.5 Å². The zero-order chi connectivity index (χ0) is 48.4. The van der Waals surface area contributed by atoms with Crippen molar-refractivity contribution in [2.45, 2.75) is 177 Å². The molecule has 368 valence electrons. The number of carbonyl (C=O) groups excluding carboxylic acids is 1. The fourth-order valence-electron chi connectivity index (χ4n) is 7.97.